The fourth-order valence-electron chi connectivity index (χ4n) is 7.26. The standard InChI is InChI=1S/C38H48N6O7S2/c1-22(2)28-21-52-33(40-28)27-18-31(26-12-13-30(50-6)23(3)32(26)39-27)51-25-17-29-34(45)43(5)16-10-8-7-9-11-24-19-38(24,41-36(47)44(29)20-25)35(46)42-53(48,49)37(4)14-15-37/h9,11-13,18,21-22,24-25,29H,7-8,10,14-17,19-20H2,1-6H3,(H,41,47)(H,42,46)/b11-9-/t24-,25+,29+,38-/m1/s1. The number of pyridine rings is 1. The minimum atomic E-state index is -3.94. The SMILES string of the molecule is COc1ccc2c(O[C@H]3C[C@H]4C(=O)N(C)CCCC/C=C\[C@@H]5C[C@@]5(C(=O)NS(=O)(=O)C5(C)CC5)NC(=O)N4C3)cc(-c3nc(C(C)C)cs3)nc2c1C. The van der Waals surface area contributed by atoms with Gasteiger partial charge in [-0.3, -0.25) is 14.3 Å². The summed E-state index contributed by atoms with van der Waals surface area (Å²) >= 11 is 1.51. The molecule has 4 atom stereocenters. The fraction of sp³-hybridized carbons (Fsp3) is 0.553. The Hall–Kier alpha value is -4.24. The molecule has 3 fully saturated rings. The van der Waals surface area contributed by atoms with Crippen molar-refractivity contribution in [3.63, 3.8) is 0 Å². The Kier molecular flexibility index (Phi) is 9.71. The van der Waals surface area contributed by atoms with Crippen molar-refractivity contribution in [1.82, 2.24) is 29.8 Å². The van der Waals surface area contributed by atoms with E-state index < -0.39 is 44.4 Å². The monoisotopic (exact) mass is 764 g/mol. The summed E-state index contributed by atoms with van der Waals surface area (Å²) < 4.78 is 39.8. The third-order valence-electron chi connectivity index (χ3n) is 11.2. The highest BCUT2D eigenvalue weighted by atomic mass is 32.2. The number of benzene rings is 1. The van der Waals surface area contributed by atoms with E-state index in [4.69, 9.17) is 19.4 Å². The molecule has 0 radical (unpaired) electrons. The number of hydrogen-bond acceptors (Lipinski definition) is 10. The lowest BCUT2D eigenvalue weighted by atomic mass is 10.1. The van der Waals surface area contributed by atoms with E-state index in [1.165, 1.54) is 16.2 Å². The second-order valence-corrected chi connectivity index (χ2v) is 18.5. The molecule has 2 aliphatic carbocycles. The Morgan fingerprint density at radius 3 is 2.62 bits per heavy atom. The second-order valence-electron chi connectivity index (χ2n) is 15.5. The number of aromatic nitrogens is 2. The van der Waals surface area contributed by atoms with E-state index in [0.29, 0.717) is 42.1 Å². The lowest BCUT2D eigenvalue weighted by Gasteiger charge is -2.30. The Morgan fingerprint density at radius 2 is 1.92 bits per heavy atom. The van der Waals surface area contributed by atoms with Crippen LogP contribution in [0.15, 0.2) is 35.7 Å². The van der Waals surface area contributed by atoms with Gasteiger partial charge < -0.3 is 24.6 Å². The number of methoxy groups -OCH3 is 1. The van der Waals surface area contributed by atoms with E-state index in [0.717, 1.165) is 40.9 Å². The summed E-state index contributed by atoms with van der Waals surface area (Å²) in [5.41, 5.74) is 1.69. The largest absolute Gasteiger partial charge is 0.496 e. The zero-order valence-electron chi connectivity index (χ0n) is 31.1. The molecule has 1 saturated heterocycles. The van der Waals surface area contributed by atoms with Gasteiger partial charge in [0.25, 0.3) is 5.91 Å². The maximum absolute atomic E-state index is 14.3. The number of amides is 4. The molecule has 2 saturated carbocycles. The van der Waals surface area contributed by atoms with Gasteiger partial charge in [0.1, 0.15) is 39.9 Å². The normalized spacial score (nSPS) is 26.4. The van der Waals surface area contributed by atoms with E-state index in [1.54, 1.807) is 26.0 Å². The Bertz CT molecular complexity index is 2090. The number of nitrogens with zero attached hydrogens (tertiary/aromatic N) is 4. The van der Waals surface area contributed by atoms with Crippen LogP contribution in [0.4, 0.5) is 4.79 Å². The molecular formula is C38H48N6O7S2. The molecule has 4 heterocycles. The minimum Gasteiger partial charge on any atom is -0.496 e. The van der Waals surface area contributed by atoms with Gasteiger partial charge in [0.05, 0.1) is 29.6 Å². The Balaban J connectivity index is 1.21. The van der Waals surface area contributed by atoms with Gasteiger partial charge in [0, 0.05) is 48.3 Å². The van der Waals surface area contributed by atoms with Gasteiger partial charge in [0.2, 0.25) is 15.9 Å². The number of rotatable bonds is 8. The maximum Gasteiger partial charge on any atom is 0.319 e. The van der Waals surface area contributed by atoms with Crippen molar-refractivity contribution in [2.75, 3.05) is 27.2 Å². The lowest BCUT2D eigenvalue weighted by Crippen LogP contribution is -2.58. The number of aryl methyl sites for hydroxylation is 1. The summed E-state index contributed by atoms with van der Waals surface area (Å²) in [7, 11) is -0.589. The zero-order valence-corrected chi connectivity index (χ0v) is 32.7. The number of nitrogens with one attached hydrogen (secondary N) is 2. The summed E-state index contributed by atoms with van der Waals surface area (Å²) in [4.78, 5) is 55.0. The molecule has 7 rings (SSSR count). The van der Waals surface area contributed by atoms with Crippen LogP contribution in [0.25, 0.3) is 21.6 Å². The first-order valence-electron chi connectivity index (χ1n) is 18.3. The van der Waals surface area contributed by atoms with Gasteiger partial charge >= 0.3 is 6.03 Å². The van der Waals surface area contributed by atoms with Gasteiger partial charge in [-0.2, -0.15) is 0 Å². The number of hydrogen-bond donors (Lipinski definition) is 2. The van der Waals surface area contributed by atoms with Crippen LogP contribution in [0.2, 0.25) is 0 Å². The van der Waals surface area contributed by atoms with Crippen molar-refractivity contribution in [2.24, 2.45) is 5.92 Å². The van der Waals surface area contributed by atoms with Crippen LogP contribution in [0.1, 0.15) is 82.9 Å². The Labute approximate surface area is 314 Å². The summed E-state index contributed by atoms with van der Waals surface area (Å²) in [6, 6.07) is 4.14. The molecule has 13 nitrogen and oxygen atoms in total. The molecule has 284 valence electrons. The average molecular weight is 765 g/mol. The molecule has 0 bridgehead atoms. The highest BCUT2D eigenvalue weighted by Crippen LogP contribution is 2.48. The van der Waals surface area contributed by atoms with Gasteiger partial charge in [-0.25, -0.2) is 23.2 Å². The third kappa shape index (κ3) is 6.97. The smallest absolute Gasteiger partial charge is 0.319 e. The maximum atomic E-state index is 14.3. The molecule has 4 amide bonds. The number of sulfonamides is 1. The highest BCUT2D eigenvalue weighted by molar-refractivity contribution is 7.91. The first kappa shape index (κ1) is 37.1. The van der Waals surface area contributed by atoms with Crippen LogP contribution < -0.4 is 19.5 Å². The summed E-state index contributed by atoms with van der Waals surface area (Å²) in [6.07, 6.45) is 7.02. The molecule has 2 N–H and O–H groups in total. The number of carbonyl (C=O) groups excluding carboxylic acids is 3. The van der Waals surface area contributed by atoms with E-state index in [2.05, 4.69) is 23.9 Å². The third-order valence-corrected chi connectivity index (χ3v) is 14.3. The average Bonchev–Trinajstić information content (AvgIpc) is 3.89. The molecule has 0 spiro atoms. The number of allylic oxidation sites excluding steroid dienone is 1. The van der Waals surface area contributed by atoms with Crippen molar-refractivity contribution >= 4 is 50.1 Å². The van der Waals surface area contributed by atoms with Crippen LogP contribution in [-0.2, 0) is 19.6 Å². The van der Waals surface area contributed by atoms with Crippen LogP contribution in [-0.4, -0.2) is 95.7 Å². The predicted molar refractivity (Wildman–Crippen MR) is 202 cm³/mol. The van der Waals surface area contributed by atoms with Gasteiger partial charge in [0.15, 0.2) is 0 Å². The van der Waals surface area contributed by atoms with Crippen molar-refractivity contribution < 1.29 is 32.3 Å². The van der Waals surface area contributed by atoms with E-state index in [9.17, 15) is 22.8 Å². The molecular weight excluding hydrogens is 717 g/mol. The van der Waals surface area contributed by atoms with Gasteiger partial charge in [-0.1, -0.05) is 26.0 Å². The van der Waals surface area contributed by atoms with E-state index >= 15 is 0 Å². The van der Waals surface area contributed by atoms with Crippen molar-refractivity contribution in [1.29, 1.82) is 0 Å². The number of thiazole rings is 1. The number of likely N-dealkylation sites (N-methyl/N-ethyl adjacent to an activating group) is 1. The minimum absolute atomic E-state index is 0.0632. The van der Waals surface area contributed by atoms with Crippen molar-refractivity contribution in [3.05, 3.63) is 47.0 Å². The van der Waals surface area contributed by atoms with Crippen molar-refractivity contribution in [3.8, 4) is 22.2 Å². The van der Waals surface area contributed by atoms with Gasteiger partial charge in [-0.15, -0.1) is 11.3 Å². The molecule has 1 aromatic carbocycles. The number of fused-ring (bicyclic) bond motifs is 3. The number of urea groups is 1. The molecule has 2 aromatic heterocycles. The first-order chi connectivity index (χ1) is 25.2. The Morgan fingerprint density at radius 1 is 1.15 bits per heavy atom. The lowest BCUT2D eigenvalue weighted by molar-refractivity contribution is -0.134. The quantitative estimate of drug-likeness (QED) is 0.291. The zero-order chi connectivity index (χ0) is 37.9. The fourth-order valence-corrected chi connectivity index (χ4v) is 9.51. The second kappa shape index (κ2) is 13.9. The topological polar surface area (TPSA) is 160 Å². The number of carbonyl (C=O) groups is 3. The first-order valence-corrected chi connectivity index (χ1v) is 20.7. The van der Waals surface area contributed by atoms with Crippen LogP contribution in [0.5, 0.6) is 11.5 Å². The van der Waals surface area contributed by atoms with Gasteiger partial charge in [-0.05, 0) is 70.4 Å². The van der Waals surface area contributed by atoms with Crippen molar-refractivity contribution in [2.45, 2.75) is 101 Å². The van der Waals surface area contributed by atoms with Crippen LogP contribution >= 0.6 is 11.3 Å². The summed E-state index contributed by atoms with van der Waals surface area (Å²) in [5, 5.41) is 6.43. The molecule has 3 aromatic rings. The highest BCUT2D eigenvalue weighted by Gasteiger charge is 2.63. The van der Waals surface area contributed by atoms with Crippen LogP contribution in [0, 0.1) is 12.8 Å². The van der Waals surface area contributed by atoms with E-state index in [1.807, 2.05) is 42.7 Å². The molecule has 4 aliphatic rings. The number of ether oxygens (including phenoxy) is 2. The molecule has 15 heteroatoms. The molecule has 2 aliphatic heterocycles. The summed E-state index contributed by atoms with van der Waals surface area (Å²) in [5.74, 6) is 0.110. The molecule has 0 unspecified atom stereocenters. The van der Waals surface area contributed by atoms with Crippen LogP contribution in [0.3, 0.4) is 0 Å². The summed E-state index contributed by atoms with van der Waals surface area (Å²) in [6.45, 7) is 8.32. The molecule has 53 heavy (non-hydrogen) atoms. The van der Waals surface area contributed by atoms with E-state index in [-0.39, 0.29) is 37.1 Å². The predicted octanol–water partition coefficient (Wildman–Crippen LogP) is 5.29.